The van der Waals surface area contributed by atoms with Crippen molar-refractivity contribution in [1.29, 1.82) is 0 Å². The van der Waals surface area contributed by atoms with E-state index in [0.29, 0.717) is 11.8 Å². The fourth-order valence-electron chi connectivity index (χ4n) is 15.2. The summed E-state index contributed by atoms with van der Waals surface area (Å²) in [5.41, 5.74) is 22.5. The quantitative estimate of drug-likeness (QED) is 0.0800. The number of anilines is 6. The molecule has 0 N–H and O–H groups in total. The Balaban J connectivity index is 0.958. The fourth-order valence-corrected chi connectivity index (χ4v) is 15.2. The summed E-state index contributed by atoms with van der Waals surface area (Å²) in [5.74, 6) is 2.89. The Bertz CT molecular complexity index is 3510. The molecule has 0 amide bonds. The highest BCUT2D eigenvalue weighted by molar-refractivity contribution is 6.12. The van der Waals surface area contributed by atoms with Crippen molar-refractivity contribution in [3.63, 3.8) is 0 Å². The Hall–Kier alpha value is -7.10. The zero-order valence-electron chi connectivity index (χ0n) is 46.7. The fraction of sp³-hybridized carbons (Fsp3) is 0.333. The first-order chi connectivity index (χ1) is 38.4. The molecule has 3 bridgehead atoms. The van der Waals surface area contributed by atoms with Crippen LogP contribution in [0.4, 0.5) is 34.1 Å². The molecule has 5 atom stereocenters. The molecular formula is C75H79N3. The monoisotopic (exact) mass is 1020 g/mol. The lowest BCUT2D eigenvalue weighted by atomic mass is 9.44. The predicted octanol–water partition coefficient (Wildman–Crippen LogP) is 20.7. The second-order valence-electron chi connectivity index (χ2n) is 24.1. The van der Waals surface area contributed by atoms with E-state index >= 15 is 0 Å². The van der Waals surface area contributed by atoms with Gasteiger partial charge in [-0.15, -0.1) is 0 Å². The summed E-state index contributed by atoms with van der Waals surface area (Å²) in [6.45, 7) is 10.9. The first kappa shape index (κ1) is 50.4. The molecule has 1 aromatic heterocycles. The van der Waals surface area contributed by atoms with Gasteiger partial charge >= 0.3 is 0 Å². The average Bonchev–Trinajstić information content (AvgIpc) is 3.99. The van der Waals surface area contributed by atoms with Gasteiger partial charge in [0.15, 0.2) is 0 Å². The van der Waals surface area contributed by atoms with E-state index in [-0.39, 0.29) is 5.41 Å². The summed E-state index contributed by atoms with van der Waals surface area (Å²) in [4.78, 5) is 4.99. The van der Waals surface area contributed by atoms with Gasteiger partial charge in [0.25, 0.3) is 0 Å². The van der Waals surface area contributed by atoms with Gasteiger partial charge in [0.1, 0.15) is 0 Å². The van der Waals surface area contributed by atoms with Crippen LogP contribution in [-0.2, 0) is 37.5 Å². The molecule has 0 saturated heterocycles. The van der Waals surface area contributed by atoms with Crippen LogP contribution in [0.3, 0.4) is 0 Å². The Morgan fingerprint density at radius 1 is 0.487 bits per heavy atom. The highest BCUT2D eigenvalue weighted by Crippen LogP contribution is 2.64. The zero-order chi connectivity index (χ0) is 52.7. The molecule has 78 heavy (non-hydrogen) atoms. The number of fused-ring (bicyclic) bond motifs is 6. The number of benzene rings is 8. The van der Waals surface area contributed by atoms with Crippen LogP contribution in [0.15, 0.2) is 183 Å². The number of unbranched alkanes of at least 4 members (excludes halogenated alkanes) is 3. The largest absolute Gasteiger partial charge is 0.310 e. The van der Waals surface area contributed by atoms with Crippen molar-refractivity contribution >= 4 is 62.0 Å². The second kappa shape index (κ2) is 21.6. The molecule has 4 aliphatic carbocycles. The van der Waals surface area contributed by atoms with Crippen LogP contribution in [0.5, 0.6) is 0 Å². The normalized spacial score (nSPS) is 20.1. The summed E-state index contributed by atoms with van der Waals surface area (Å²) < 4.78 is 2.56. The molecule has 3 nitrogen and oxygen atoms in total. The van der Waals surface area contributed by atoms with Crippen LogP contribution < -0.4 is 9.80 Å². The van der Waals surface area contributed by atoms with Gasteiger partial charge in [-0.2, -0.15) is 0 Å². The first-order valence-electron chi connectivity index (χ1n) is 30.3. The maximum atomic E-state index is 4.06. The van der Waals surface area contributed by atoms with E-state index in [2.05, 4.69) is 218 Å². The van der Waals surface area contributed by atoms with Gasteiger partial charge in [0.2, 0.25) is 0 Å². The maximum Gasteiger partial charge on any atom is 0.0542 e. The van der Waals surface area contributed by atoms with Crippen molar-refractivity contribution in [1.82, 2.24) is 4.57 Å². The Morgan fingerprint density at radius 2 is 0.974 bits per heavy atom. The molecule has 0 radical (unpaired) electrons. The average molecular weight is 1020 g/mol. The predicted molar refractivity (Wildman–Crippen MR) is 333 cm³/mol. The SMILES string of the molecule is C=Cc1ccc(C2CC3CC4CCC2C(c2ccc(-n5c6ccc(N(c7ccc(CCCC)cc7)c7ccc(CCCC)cc7)cc6c6cc(N(c7ccc(CCCC)cc7)c7ccc8c(c7)CC8)ccc65)cc2)(C4)C3)cc1. The summed E-state index contributed by atoms with van der Waals surface area (Å²) in [5, 5.41) is 2.52. The molecule has 4 aliphatic rings. The third kappa shape index (κ3) is 9.39. The summed E-state index contributed by atoms with van der Waals surface area (Å²) in [6, 6.07) is 69.4. The second-order valence-corrected chi connectivity index (χ2v) is 24.1. The van der Waals surface area contributed by atoms with E-state index in [1.54, 1.807) is 5.56 Å². The Kier molecular flexibility index (Phi) is 14.0. The van der Waals surface area contributed by atoms with Crippen molar-refractivity contribution in [3.8, 4) is 5.69 Å². The molecular weight excluding hydrogens is 943 g/mol. The topological polar surface area (TPSA) is 11.4 Å². The molecule has 3 saturated carbocycles. The number of hydrogen-bond donors (Lipinski definition) is 0. The minimum atomic E-state index is 0.219. The molecule has 0 aliphatic heterocycles. The lowest BCUT2D eigenvalue weighted by Crippen LogP contribution is -2.52. The van der Waals surface area contributed by atoms with Gasteiger partial charge in [-0.25, -0.2) is 0 Å². The van der Waals surface area contributed by atoms with Crippen molar-refractivity contribution in [2.45, 2.75) is 141 Å². The third-order valence-electron chi connectivity index (χ3n) is 19.3. The summed E-state index contributed by atoms with van der Waals surface area (Å²) in [6.07, 6.45) is 23.0. The smallest absolute Gasteiger partial charge is 0.0542 e. The molecule has 3 heteroatoms. The van der Waals surface area contributed by atoms with Crippen molar-refractivity contribution in [2.24, 2.45) is 17.8 Å². The Morgan fingerprint density at radius 3 is 1.47 bits per heavy atom. The van der Waals surface area contributed by atoms with E-state index in [4.69, 9.17) is 0 Å². The minimum Gasteiger partial charge on any atom is -0.310 e. The number of aryl methyl sites for hydroxylation is 5. The van der Waals surface area contributed by atoms with Crippen molar-refractivity contribution in [2.75, 3.05) is 9.80 Å². The van der Waals surface area contributed by atoms with E-state index in [1.807, 2.05) is 6.08 Å². The number of rotatable bonds is 19. The molecule has 0 spiro atoms. The van der Waals surface area contributed by atoms with Crippen LogP contribution in [0.2, 0.25) is 0 Å². The minimum absolute atomic E-state index is 0.219. The van der Waals surface area contributed by atoms with Gasteiger partial charge in [0, 0.05) is 50.6 Å². The molecule has 394 valence electrons. The van der Waals surface area contributed by atoms with Crippen LogP contribution in [0.1, 0.15) is 148 Å². The first-order valence-corrected chi connectivity index (χ1v) is 30.3. The standard InChI is InChI=1S/C75H79N3/c1-5-9-12-53-17-31-62(32-18-53)76(63-33-19-54(20-34-63)13-10-6-2)67-40-43-73-70(48-67)71-49-68(77(66-37-28-58-26-27-60(58)47-66)64-35-21-55(22-36-64)14-11-7-3)41-44-74(71)78(73)65-38-29-61(30-39-65)75-50-56-23-42-72(75)69(46-57(45-56)51-75)59-24-15-52(8-4)16-25-59/h8,15-22,24-25,28-41,43-44,47-49,56-57,69,72H,4-7,9-14,23,26-27,42,45-46,50-51H2,1-3H3. The van der Waals surface area contributed by atoms with Crippen molar-refractivity contribution in [3.05, 3.63) is 227 Å². The van der Waals surface area contributed by atoms with Crippen LogP contribution in [-0.4, -0.2) is 4.57 Å². The van der Waals surface area contributed by atoms with Gasteiger partial charge < -0.3 is 14.4 Å². The number of aromatic nitrogens is 1. The van der Waals surface area contributed by atoms with Gasteiger partial charge in [0.05, 0.1) is 11.0 Å². The zero-order valence-corrected chi connectivity index (χ0v) is 46.7. The molecule has 1 heterocycles. The van der Waals surface area contributed by atoms with Gasteiger partial charge in [-0.05, 0) is 254 Å². The molecule has 13 rings (SSSR count). The van der Waals surface area contributed by atoms with E-state index < -0.39 is 0 Å². The third-order valence-corrected chi connectivity index (χ3v) is 19.3. The lowest BCUT2D eigenvalue weighted by Gasteiger charge is -2.60. The lowest BCUT2D eigenvalue weighted by molar-refractivity contribution is -0.0150. The number of hydrogen-bond acceptors (Lipinski definition) is 2. The van der Waals surface area contributed by atoms with Gasteiger partial charge in [-0.3, -0.25) is 0 Å². The maximum absolute atomic E-state index is 4.06. The molecule has 8 aromatic carbocycles. The van der Waals surface area contributed by atoms with E-state index in [9.17, 15) is 0 Å². The van der Waals surface area contributed by atoms with Gasteiger partial charge in [-0.1, -0.05) is 138 Å². The Labute approximate surface area is 465 Å². The number of nitrogens with zero attached hydrogens (tertiary/aromatic N) is 3. The molecule has 3 fully saturated rings. The summed E-state index contributed by atoms with van der Waals surface area (Å²) in [7, 11) is 0. The van der Waals surface area contributed by atoms with E-state index in [1.165, 1.54) is 184 Å². The highest BCUT2D eigenvalue weighted by atomic mass is 15.2. The molecule has 9 aromatic rings. The summed E-state index contributed by atoms with van der Waals surface area (Å²) >= 11 is 0. The highest BCUT2D eigenvalue weighted by Gasteiger charge is 2.56. The molecule has 5 unspecified atom stereocenters. The van der Waals surface area contributed by atoms with E-state index in [0.717, 1.165) is 37.5 Å². The van der Waals surface area contributed by atoms with Crippen molar-refractivity contribution < 1.29 is 0 Å². The van der Waals surface area contributed by atoms with Crippen LogP contribution >= 0.6 is 0 Å². The van der Waals surface area contributed by atoms with Crippen LogP contribution in [0.25, 0.3) is 33.6 Å². The van der Waals surface area contributed by atoms with Crippen LogP contribution in [0, 0.1) is 17.8 Å².